The molecule has 2 aromatic carbocycles. The van der Waals surface area contributed by atoms with E-state index in [2.05, 4.69) is 5.32 Å². The SMILES string of the molecule is CCOC(=O)CNC(=O)c1cccc(-c2ccc(O)c3c2C[C@H]2C[C@H]4[C@H](C(C)C)C(=O)C(C(N)=O)C(=O)[C@@]4(O)C(=O)C2C3=O)c1. The minimum Gasteiger partial charge on any atom is -0.507 e. The molecule has 0 bridgehead atoms. The van der Waals surface area contributed by atoms with Gasteiger partial charge >= 0.3 is 5.97 Å². The van der Waals surface area contributed by atoms with E-state index in [1.165, 1.54) is 6.07 Å². The average molecular weight is 619 g/mol. The molecule has 236 valence electrons. The second-order valence-electron chi connectivity index (χ2n) is 12.2. The van der Waals surface area contributed by atoms with Gasteiger partial charge in [-0.3, -0.25) is 33.6 Å². The van der Waals surface area contributed by atoms with Crippen LogP contribution in [0, 0.1) is 35.5 Å². The van der Waals surface area contributed by atoms with Crippen molar-refractivity contribution in [2.24, 2.45) is 41.2 Å². The van der Waals surface area contributed by atoms with E-state index in [-0.39, 0.29) is 37.1 Å². The van der Waals surface area contributed by atoms with E-state index in [1.54, 1.807) is 51.1 Å². The number of ketones is 4. The number of hydrogen-bond acceptors (Lipinski definition) is 10. The Morgan fingerprint density at radius 2 is 1.80 bits per heavy atom. The van der Waals surface area contributed by atoms with E-state index in [9.17, 15) is 43.8 Å². The Morgan fingerprint density at radius 3 is 2.44 bits per heavy atom. The number of aliphatic hydroxyl groups is 1. The van der Waals surface area contributed by atoms with Crippen LogP contribution < -0.4 is 11.1 Å². The molecule has 2 fully saturated rings. The summed E-state index contributed by atoms with van der Waals surface area (Å²) in [5, 5.41) is 25.1. The molecule has 45 heavy (non-hydrogen) atoms. The molecule has 5 N–H and O–H groups in total. The lowest BCUT2D eigenvalue weighted by Gasteiger charge is -2.52. The van der Waals surface area contributed by atoms with Crippen LogP contribution in [0.25, 0.3) is 11.1 Å². The lowest BCUT2D eigenvalue weighted by atomic mass is 9.49. The van der Waals surface area contributed by atoms with Crippen molar-refractivity contribution in [1.82, 2.24) is 5.32 Å². The standard InChI is InChI=1S/C33H34N2O10/c1-4-45-22(37)13-35-32(43)16-7-5-6-15(10-16)18-8-9-21(36)25-19(18)11-17-12-20-23(14(2)3)27(38)26(31(34)42)30(41)33(20,44)29(40)24(17)28(25)39/h5-10,14,17,20,23-24,26,36,44H,4,11-13H2,1-3H3,(H2,34,42)(H,35,43)/t17-,20-,23-,24?,26?,33-/m0/s1. The van der Waals surface area contributed by atoms with Gasteiger partial charge in [-0.25, -0.2) is 0 Å². The first-order valence-electron chi connectivity index (χ1n) is 14.8. The summed E-state index contributed by atoms with van der Waals surface area (Å²) in [4.78, 5) is 91.4. The Morgan fingerprint density at radius 1 is 1.09 bits per heavy atom. The molecule has 0 heterocycles. The molecule has 3 aliphatic carbocycles. The first-order valence-corrected chi connectivity index (χ1v) is 14.8. The van der Waals surface area contributed by atoms with Crippen molar-refractivity contribution in [1.29, 1.82) is 0 Å². The van der Waals surface area contributed by atoms with Gasteiger partial charge in [0, 0.05) is 17.4 Å². The topological polar surface area (TPSA) is 207 Å². The molecule has 2 unspecified atom stereocenters. The van der Waals surface area contributed by atoms with Crippen molar-refractivity contribution in [2.45, 2.75) is 39.2 Å². The Balaban J connectivity index is 1.55. The fourth-order valence-electron chi connectivity index (χ4n) is 7.42. The van der Waals surface area contributed by atoms with E-state index in [0.717, 1.165) is 0 Å². The number of primary amides is 1. The van der Waals surface area contributed by atoms with E-state index >= 15 is 0 Å². The first kappa shape index (κ1) is 31.7. The molecular formula is C33H34N2O10. The van der Waals surface area contributed by atoms with Crippen molar-refractivity contribution in [2.75, 3.05) is 13.2 Å². The number of ether oxygens (including phenoxy) is 1. The third-order valence-corrected chi connectivity index (χ3v) is 9.33. The highest BCUT2D eigenvalue weighted by Gasteiger charge is 2.69. The highest BCUT2D eigenvalue weighted by molar-refractivity contribution is 6.32. The average Bonchev–Trinajstić information content (AvgIpc) is 2.97. The molecule has 3 aliphatic rings. The summed E-state index contributed by atoms with van der Waals surface area (Å²) in [6.07, 6.45) is 0.0365. The maximum absolute atomic E-state index is 14.0. The van der Waals surface area contributed by atoms with Crippen LogP contribution in [0.1, 0.15) is 53.5 Å². The zero-order valence-electron chi connectivity index (χ0n) is 25.0. The summed E-state index contributed by atoms with van der Waals surface area (Å²) in [5.74, 6) is -13.7. The van der Waals surface area contributed by atoms with E-state index in [4.69, 9.17) is 10.5 Å². The molecule has 0 aliphatic heterocycles. The van der Waals surface area contributed by atoms with Crippen molar-refractivity contribution >= 4 is 40.9 Å². The third kappa shape index (κ3) is 5.02. The van der Waals surface area contributed by atoms with Crippen molar-refractivity contribution < 1.29 is 48.5 Å². The van der Waals surface area contributed by atoms with Gasteiger partial charge in [-0.05, 0) is 66.5 Å². The fourth-order valence-corrected chi connectivity index (χ4v) is 7.42. The smallest absolute Gasteiger partial charge is 0.325 e. The maximum atomic E-state index is 14.0. The Kier molecular flexibility index (Phi) is 8.21. The minimum absolute atomic E-state index is 0.0463. The molecule has 0 radical (unpaired) electrons. The second kappa shape index (κ2) is 11.7. The van der Waals surface area contributed by atoms with Crippen molar-refractivity contribution in [3.63, 3.8) is 0 Å². The summed E-state index contributed by atoms with van der Waals surface area (Å²) >= 11 is 0. The summed E-state index contributed by atoms with van der Waals surface area (Å²) in [6.45, 7) is 4.85. The van der Waals surface area contributed by atoms with Gasteiger partial charge < -0.3 is 26.0 Å². The quantitative estimate of drug-likeness (QED) is 0.257. The van der Waals surface area contributed by atoms with Crippen LogP contribution >= 0.6 is 0 Å². The molecule has 0 saturated heterocycles. The van der Waals surface area contributed by atoms with Crippen molar-refractivity contribution in [3.05, 3.63) is 53.1 Å². The number of carbonyl (C=O) groups excluding carboxylic acids is 7. The summed E-state index contributed by atoms with van der Waals surface area (Å²) in [5.41, 5.74) is 4.12. The predicted octanol–water partition coefficient (Wildman–Crippen LogP) is 1.17. The summed E-state index contributed by atoms with van der Waals surface area (Å²) in [7, 11) is 0. The van der Waals surface area contributed by atoms with Crippen LogP contribution in [0.3, 0.4) is 0 Å². The number of phenols is 1. The summed E-state index contributed by atoms with van der Waals surface area (Å²) < 4.78 is 4.84. The molecule has 0 aromatic heterocycles. The van der Waals surface area contributed by atoms with Gasteiger partial charge in [0.2, 0.25) is 5.91 Å². The van der Waals surface area contributed by atoms with Crippen LogP contribution in [0.2, 0.25) is 0 Å². The number of benzene rings is 2. The lowest BCUT2D eigenvalue weighted by Crippen LogP contribution is -2.71. The molecule has 12 nitrogen and oxygen atoms in total. The van der Waals surface area contributed by atoms with Crippen LogP contribution in [0.5, 0.6) is 5.75 Å². The number of fused-ring (bicyclic) bond motifs is 3. The maximum Gasteiger partial charge on any atom is 0.325 e. The molecule has 6 atom stereocenters. The normalized spacial score (nSPS) is 27.4. The highest BCUT2D eigenvalue weighted by Crippen LogP contribution is 2.53. The molecule has 2 saturated carbocycles. The number of carbonyl (C=O) groups is 7. The largest absolute Gasteiger partial charge is 0.507 e. The number of amides is 2. The zero-order valence-corrected chi connectivity index (χ0v) is 25.0. The monoisotopic (exact) mass is 618 g/mol. The van der Waals surface area contributed by atoms with Gasteiger partial charge in [0.25, 0.3) is 5.91 Å². The van der Waals surface area contributed by atoms with Crippen molar-refractivity contribution in [3.8, 4) is 16.9 Å². The molecule has 12 heteroatoms. The number of rotatable bonds is 7. The molecule has 2 aromatic rings. The van der Waals surface area contributed by atoms with Crippen LogP contribution in [0.4, 0.5) is 0 Å². The van der Waals surface area contributed by atoms with Crippen LogP contribution in [0.15, 0.2) is 36.4 Å². The fraction of sp³-hybridized carbons (Fsp3) is 0.424. The highest BCUT2D eigenvalue weighted by atomic mass is 16.5. The number of esters is 1. The summed E-state index contributed by atoms with van der Waals surface area (Å²) in [6, 6.07) is 9.29. The third-order valence-electron chi connectivity index (χ3n) is 9.33. The molecule has 2 amide bonds. The van der Waals surface area contributed by atoms with Gasteiger partial charge in [0.05, 0.1) is 18.1 Å². The van der Waals surface area contributed by atoms with E-state index in [0.29, 0.717) is 16.7 Å². The van der Waals surface area contributed by atoms with E-state index < -0.39 is 87.8 Å². The number of nitrogens with two attached hydrogens (primary N) is 1. The Labute approximate surface area is 258 Å². The number of hydrogen-bond donors (Lipinski definition) is 4. The zero-order chi connectivity index (χ0) is 33.0. The van der Waals surface area contributed by atoms with E-state index in [1.807, 2.05) is 0 Å². The molecular weight excluding hydrogens is 584 g/mol. The minimum atomic E-state index is -2.77. The number of phenolic OH excluding ortho intramolecular Hbond substituents is 1. The van der Waals surface area contributed by atoms with Gasteiger partial charge in [-0.2, -0.15) is 0 Å². The molecule has 5 rings (SSSR count). The predicted molar refractivity (Wildman–Crippen MR) is 157 cm³/mol. The van der Waals surface area contributed by atoms with Gasteiger partial charge in [0.1, 0.15) is 12.3 Å². The second-order valence-corrected chi connectivity index (χ2v) is 12.2. The van der Waals surface area contributed by atoms with Crippen LogP contribution in [-0.4, -0.2) is 69.9 Å². The molecule has 0 spiro atoms. The van der Waals surface area contributed by atoms with Gasteiger partial charge in [0.15, 0.2) is 34.7 Å². The number of nitrogens with one attached hydrogen (secondary N) is 1. The Bertz CT molecular complexity index is 1660. The first-order chi connectivity index (χ1) is 21.2. The Hall–Kier alpha value is -4.71. The lowest BCUT2D eigenvalue weighted by molar-refractivity contribution is -0.182. The number of Topliss-reactive ketones (excluding diaryl/α,β-unsaturated/α-hetero) is 4. The number of aromatic hydroxyl groups is 1. The van der Waals surface area contributed by atoms with Gasteiger partial charge in [-0.15, -0.1) is 0 Å². The van der Waals surface area contributed by atoms with Crippen LogP contribution in [-0.2, 0) is 35.1 Å². The van der Waals surface area contributed by atoms with Gasteiger partial charge in [-0.1, -0.05) is 32.0 Å².